The minimum absolute atomic E-state index is 0.229. The summed E-state index contributed by atoms with van der Waals surface area (Å²) in [5.74, 6) is 0.616. The number of carbonyl (C=O) groups is 1. The first kappa shape index (κ1) is 14.3. The molecule has 3 nitrogen and oxygen atoms in total. The van der Waals surface area contributed by atoms with Crippen molar-refractivity contribution < 1.29 is 4.79 Å². The zero-order valence-electron chi connectivity index (χ0n) is 11.6. The average molecular weight is 278 g/mol. The molecule has 1 heterocycles. The Balaban J connectivity index is 2.00. The maximum Gasteiger partial charge on any atom is 0.234 e. The van der Waals surface area contributed by atoms with E-state index in [0.29, 0.717) is 11.8 Å². The highest BCUT2D eigenvalue weighted by atomic mass is 32.1. The molecule has 2 rings (SSSR count). The summed E-state index contributed by atoms with van der Waals surface area (Å²) in [6, 6.07) is 3.87. The number of nitrogens with one attached hydrogen (secondary N) is 1. The first-order valence-electron chi connectivity index (χ1n) is 6.78. The van der Waals surface area contributed by atoms with Gasteiger partial charge in [-0.15, -0.1) is 11.3 Å². The Bertz CT molecular complexity index is 453. The lowest BCUT2D eigenvalue weighted by molar-refractivity contribution is -0.121. The number of carbonyl (C=O) groups excluding carboxylic acids is 1. The van der Waals surface area contributed by atoms with E-state index >= 15 is 0 Å². The molecule has 0 aromatic carbocycles. The van der Waals surface area contributed by atoms with Gasteiger partial charge >= 0.3 is 0 Å². The molecule has 1 aromatic heterocycles. The molecule has 1 aliphatic rings. The van der Waals surface area contributed by atoms with Crippen molar-refractivity contribution in [3.8, 4) is 0 Å². The van der Waals surface area contributed by atoms with E-state index in [1.54, 1.807) is 11.3 Å². The molecule has 1 aromatic rings. The van der Waals surface area contributed by atoms with Crippen LogP contribution in [-0.4, -0.2) is 11.9 Å². The molecule has 1 amide bonds. The van der Waals surface area contributed by atoms with E-state index in [0.717, 1.165) is 19.4 Å². The molecular weight excluding hydrogens is 256 g/mol. The maximum atomic E-state index is 11.7. The average Bonchev–Trinajstić information content (AvgIpc) is 2.80. The van der Waals surface area contributed by atoms with Gasteiger partial charge in [-0.25, -0.2) is 0 Å². The number of nitrogens with two attached hydrogens (primary N) is 1. The minimum Gasteiger partial charge on any atom is -0.368 e. The highest BCUT2D eigenvalue weighted by molar-refractivity contribution is 7.09. The fourth-order valence-corrected chi connectivity index (χ4v) is 3.63. The van der Waals surface area contributed by atoms with E-state index in [2.05, 4.69) is 31.3 Å². The van der Waals surface area contributed by atoms with Crippen LogP contribution in [0.3, 0.4) is 0 Å². The van der Waals surface area contributed by atoms with E-state index < -0.39 is 0 Å². The molecule has 3 N–H and O–H groups in total. The summed E-state index contributed by atoms with van der Waals surface area (Å²) in [5.41, 5.74) is 6.95. The Morgan fingerprint density at radius 3 is 3.00 bits per heavy atom. The Kier molecular flexibility index (Phi) is 4.77. The Morgan fingerprint density at radius 2 is 2.42 bits per heavy atom. The molecule has 0 saturated heterocycles. The molecule has 3 unspecified atom stereocenters. The number of hydrogen-bond donors (Lipinski definition) is 2. The van der Waals surface area contributed by atoms with Crippen molar-refractivity contribution in [1.29, 1.82) is 0 Å². The van der Waals surface area contributed by atoms with Crippen LogP contribution >= 0.6 is 11.3 Å². The SMILES string of the molecule is CC1=CC(C)CC(C(NCc2cccs2)C(N)=O)C1. The Labute approximate surface area is 118 Å². The smallest absolute Gasteiger partial charge is 0.234 e. The van der Waals surface area contributed by atoms with Gasteiger partial charge in [0.15, 0.2) is 0 Å². The molecule has 0 saturated carbocycles. The fourth-order valence-electron chi connectivity index (χ4n) is 2.97. The van der Waals surface area contributed by atoms with Crippen LogP contribution in [0.15, 0.2) is 29.2 Å². The van der Waals surface area contributed by atoms with Crippen LogP contribution in [-0.2, 0) is 11.3 Å². The Morgan fingerprint density at radius 1 is 1.63 bits per heavy atom. The van der Waals surface area contributed by atoms with Gasteiger partial charge < -0.3 is 11.1 Å². The van der Waals surface area contributed by atoms with E-state index in [1.165, 1.54) is 10.5 Å². The number of rotatable bonds is 5. The minimum atomic E-state index is -0.233. The van der Waals surface area contributed by atoms with Crippen LogP contribution in [0.4, 0.5) is 0 Å². The van der Waals surface area contributed by atoms with Crippen molar-refractivity contribution in [1.82, 2.24) is 5.32 Å². The van der Waals surface area contributed by atoms with E-state index in [9.17, 15) is 4.79 Å². The lowest BCUT2D eigenvalue weighted by atomic mass is 9.79. The van der Waals surface area contributed by atoms with Crippen LogP contribution in [0.25, 0.3) is 0 Å². The maximum absolute atomic E-state index is 11.7. The van der Waals surface area contributed by atoms with Gasteiger partial charge in [0, 0.05) is 11.4 Å². The van der Waals surface area contributed by atoms with E-state index in [1.807, 2.05) is 11.4 Å². The van der Waals surface area contributed by atoms with Crippen molar-refractivity contribution in [3.63, 3.8) is 0 Å². The molecule has 4 heteroatoms. The van der Waals surface area contributed by atoms with Crippen molar-refractivity contribution in [2.24, 2.45) is 17.6 Å². The molecule has 19 heavy (non-hydrogen) atoms. The Hall–Kier alpha value is -1.13. The third-order valence-corrected chi connectivity index (χ3v) is 4.56. The van der Waals surface area contributed by atoms with Gasteiger partial charge in [0.05, 0.1) is 6.04 Å². The predicted octanol–water partition coefficient (Wildman–Crippen LogP) is 2.68. The summed E-state index contributed by atoms with van der Waals surface area (Å²) < 4.78 is 0. The molecule has 104 valence electrons. The van der Waals surface area contributed by atoms with Gasteiger partial charge in [-0.2, -0.15) is 0 Å². The summed E-state index contributed by atoms with van der Waals surface area (Å²) in [6.45, 7) is 5.06. The van der Waals surface area contributed by atoms with Crippen molar-refractivity contribution >= 4 is 17.2 Å². The molecule has 0 aliphatic heterocycles. The van der Waals surface area contributed by atoms with Gasteiger partial charge in [-0.3, -0.25) is 4.79 Å². The molecule has 0 bridgehead atoms. The van der Waals surface area contributed by atoms with Crippen molar-refractivity contribution in [2.45, 2.75) is 39.3 Å². The fraction of sp³-hybridized carbons (Fsp3) is 0.533. The molecule has 3 atom stereocenters. The molecule has 0 spiro atoms. The lowest BCUT2D eigenvalue weighted by Crippen LogP contribution is -2.47. The highest BCUT2D eigenvalue weighted by Crippen LogP contribution is 2.30. The normalized spacial score (nSPS) is 24.8. The summed E-state index contributed by atoms with van der Waals surface area (Å²) in [6.07, 6.45) is 4.30. The largest absolute Gasteiger partial charge is 0.368 e. The van der Waals surface area contributed by atoms with Gasteiger partial charge in [-0.05, 0) is 43.0 Å². The van der Waals surface area contributed by atoms with Crippen LogP contribution < -0.4 is 11.1 Å². The number of thiophene rings is 1. The van der Waals surface area contributed by atoms with Crippen LogP contribution in [0, 0.1) is 11.8 Å². The second kappa shape index (κ2) is 6.35. The van der Waals surface area contributed by atoms with Gasteiger partial charge in [0.1, 0.15) is 0 Å². The highest BCUT2D eigenvalue weighted by Gasteiger charge is 2.29. The van der Waals surface area contributed by atoms with E-state index in [4.69, 9.17) is 5.73 Å². The second-order valence-corrected chi connectivity index (χ2v) is 6.56. The number of amides is 1. The predicted molar refractivity (Wildman–Crippen MR) is 79.8 cm³/mol. The molecule has 0 radical (unpaired) electrons. The molecule has 1 aliphatic carbocycles. The topological polar surface area (TPSA) is 55.1 Å². The second-order valence-electron chi connectivity index (χ2n) is 5.53. The van der Waals surface area contributed by atoms with Crippen molar-refractivity contribution in [3.05, 3.63) is 34.0 Å². The summed E-state index contributed by atoms with van der Waals surface area (Å²) in [5, 5.41) is 5.39. The summed E-state index contributed by atoms with van der Waals surface area (Å²) in [4.78, 5) is 13.0. The first-order valence-corrected chi connectivity index (χ1v) is 7.66. The van der Waals surface area contributed by atoms with Gasteiger partial charge in [-0.1, -0.05) is 24.6 Å². The molecular formula is C15H22N2OS. The number of hydrogen-bond acceptors (Lipinski definition) is 3. The van der Waals surface area contributed by atoms with Crippen molar-refractivity contribution in [2.75, 3.05) is 0 Å². The standard InChI is InChI=1S/C15H22N2OS/c1-10-6-11(2)8-12(7-10)14(15(16)18)17-9-13-4-3-5-19-13/h3-6,10,12,14,17H,7-9H2,1-2H3,(H2,16,18). The van der Waals surface area contributed by atoms with Crippen LogP contribution in [0.2, 0.25) is 0 Å². The zero-order chi connectivity index (χ0) is 13.8. The third-order valence-electron chi connectivity index (χ3n) is 3.68. The van der Waals surface area contributed by atoms with Gasteiger partial charge in [0.2, 0.25) is 5.91 Å². The van der Waals surface area contributed by atoms with Crippen LogP contribution in [0.1, 0.15) is 31.6 Å². The lowest BCUT2D eigenvalue weighted by Gasteiger charge is -2.31. The number of allylic oxidation sites excluding steroid dienone is 2. The third kappa shape index (κ3) is 3.91. The van der Waals surface area contributed by atoms with Crippen LogP contribution in [0.5, 0.6) is 0 Å². The quantitative estimate of drug-likeness (QED) is 0.814. The zero-order valence-corrected chi connectivity index (χ0v) is 12.4. The number of primary amides is 1. The first-order chi connectivity index (χ1) is 9.06. The summed E-state index contributed by atoms with van der Waals surface area (Å²) in [7, 11) is 0. The van der Waals surface area contributed by atoms with Gasteiger partial charge in [0.25, 0.3) is 0 Å². The summed E-state index contributed by atoms with van der Waals surface area (Å²) >= 11 is 1.70. The monoisotopic (exact) mass is 278 g/mol. The molecule has 0 fully saturated rings. The van der Waals surface area contributed by atoms with E-state index in [-0.39, 0.29) is 11.9 Å².